The summed E-state index contributed by atoms with van der Waals surface area (Å²) in [6.45, 7) is 3.25. The zero-order valence-electron chi connectivity index (χ0n) is 14.2. The first-order chi connectivity index (χ1) is 12.4. The van der Waals surface area contributed by atoms with E-state index in [1.54, 1.807) is 0 Å². The zero-order valence-corrected chi connectivity index (χ0v) is 15.0. The number of carbonyl (C=O) groups is 2. The lowest BCUT2D eigenvalue weighted by Crippen LogP contribution is -2.16. The minimum Gasteiger partial charge on any atom is -0.508 e. The van der Waals surface area contributed by atoms with Crippen molar-refractivity contribution in [3.05, 3.63) is 64.3 Å². The van der Waals surface area contributed by atoms with Crippen LogP contribution in [0.5, 0.6) is 11.5 Å². The lowest BCUT2D eigenvalue weighted by atomic mass is 10.1. The molecule has 2 aromatic heterocycles. The van der Waals surface area contributed by atoms with Crippen LogP contribution >= 0.6 is 11.3 Å². The third kappa shape index (κ3) is 3.34. The molecule has 0 aliphatic carbocycles. The molecule has 2 heterocycles. The van der Waals surface area contributed by atoms with Crippen molar-refractivity contribution in [2.24, 2.45) is 0 Å². The monoisotopic (exact) mass is 371 g/mol. The number of benzene rings is 1. The molecule has 1 aromatic carbocycles. The summed E-state index contributed by atoms with van der Waals surface area (Å²) in [7, 11) is 0. The molecule has 0 bridgehead atoms. The highest BCUT2D eigenvalue weighted by Crippen LogP contribution is 2.31. The first kappa shape index (κ1) is 17.8. The van der Waals surface area contributed by atoms with Gasteiger partial charge in [0.15, 0.2) is 6.61 Å². The average Bonchev–Trinajstić information content (AvgIpc) is 3.21. The fraction of sp³-hybridized carbons (Fsp3) is 0.158. The van der Waals surface area contributed by atoms with Gasteiger partial charge in [0.2, 0.25) is 5.78 Å². The number of hydrogen-bond donors (Lipinski definition) is 2. The molecule has 6 nitrogen and oxygen atoms in total. The lowest BCUT2D eigenvalue weighted by molar-refractivity contribution is 0.0473. The lowest BCUT2D eigenvalue weighted by Gasteiger charge is -2.08. The number of thiophene rings is 1. The first-order valence-electron chi connectivity index (χ1n) is 7.84. The van der Waals surface area contributed by atoms with E-state index in [4.69, 9.17) is 4.74 Å². The standard InChI is InChI=1S/C19H17NO5S/c1-11-12(2)26-18(20-7-3-4-8-20)17(11)19(24)25-10-16(23)14-6-5-13(21)9-15(14)22/h3-9,21-22H,10H2,1-2H3. The molecule has 3 aromatic rings. The number of ether oxygens (including phenoxy) is 1. The van der Waals surface area contributed by atoms with Gasteiger partial charge in [0.1, 0.15) is 16.5 Å². The molecule has 2 N–H and O–H groups in total. The molecular formula is C19H17NO5S. The molecule has 3 rings (SSSR count). The van der Waals surface area contributed by atoms with Gasteiger partial charge in [0.25, 0.3) is 0 Å². The van der Waals surface area contributed by atoms with E-state index < -0.39 is 18.4 Å². The van der Waals surface area contributed by atoms with Gasteiger partial charge < -0.3 is 19.5 Å². The second-order valence-electron chi connectivity index (χ2n) is 5.75. The van der Waals surface area contributed by atoms with Gasteiger partial charge in [0, 0.05) is 23.3 Å². The van der Waals surface area contributed by atoms with Crippen LogP contribution in [0.4, 0.5) is 0 Å². The number of esters is 1. The van der Waals surface area contributed by atoms with Crippen LogP contribution in [-0.2, 0) is 4.74 Å². The van der Waals surface area contributed by atoms with Gasteiger partial charge in [-0.25, -0.2) is 4.79 Å². The Bertz CT molecular complexity index is 972. The Morgan fingerprint density at radius 2 is 1.85 bits per heavy atom. The van der Waals surface area contributed by atoms with E-state index >= 15 is 0 Å². The van der Waals surface area contributed by atoms with Crippen molar-refractivity contribution >= 4 is 23.1 Å². The van der Waals surface area contributed by atoms with Crippen molar-refractivity contribution in [1.82, 2.24) is 4.57 Å². The molecule has 0 amide bonds. The Hall–Kier alpha value is -3.06. The third-order valence-electron chi connectivity index (χ3n) is 4.03. The summed E-state index contributed by atoms with van der Waals surface area (Å²) < 4.78 is 7.02. The van der Waals surface area contributed by atoms with E-state index in [1.165, 1.54) is 23.5 Å². The number of nitrogens with zero attached hydrogens (tertiary/aromatic N) is 1. The van der Waals surface area contributed by atoms with E-state index in [-0.39, 0.29) is 17.1 Å². The molecule has 0 aliphatic rings. The van der Waals surface area contributed by atoms with Crippen LogP contribution in [0.1, 0.15) is 31.2 Å². The number of Topliss-reactive ketones (excluding diaryl/α,β-unsaturated/α-hetero) is 1. The van der Waals surface area contributed by atoms with Gasteiger partial charge >= 0.3 is 5.97 Å². The average molecular weight is 371 g/mol. The summed E-state index contributed by atoms with van der Waals surface area (Å²) in [6, 6.07) is 7.34. The van der Waals surface area contributed by atoms with Crippen LogP contribution < -0.4 is 0 Å². The van der Waals surface area contributed by atoms with Crippen molar-refractivity contribution in [3.63, 3.8) is 0 Å². The minimum atomic E-state index is -0.595. The highest BCUT2D eigenvalue weighted by atomic mass is 32.1. The number of rotatable bonds is 5. The highest BCUT2D eigenvalue weighted by molar-refractivity contribution is 7.15. The largest absolute Gasteiger partial charge is 0.508 e. The summed E-state index contributed by atoms with van der Waals surface area (Å²) in [4.78, 5) is 25.8. The summed E-state index contributed by atoms with van der Waals surface area (Å²) in [5.41, 5.74) is 1.22. The number of phenolic OH excluding ortho intramolecular Hbond substituents is 2. The Morgan fingerprint density at radius 1 is 1.15 bits per heavy atom. The van der Waals surface area contributed by atoms with E-state index in [9.17, 15) is 19.8 Å². The van der Waals surface area contributed by atoms with Crippen LogP contribution in [0.15, 0.2) is 42.7 Å². The summed E-state index contributed by atoms with van der Waals surface area (Å²) in [5, 5.41) is 19.8. The normalized spacial score (nSPS) is 10.7. The Morgan fingerprint density at radius 3 is 2.50 bits per heavy atom. The van der Waals surface area contributed by atoms with E-state index in [0.717, 1.165) is 21.5 Å². The van der Waals surface area contributed by atoms with Crippen LogP contribution in [0, 0.1) is 13.8 Å². The van der Waals surface area contributed by atoms with Crippen molar-refractivity contribution in [1.29, 1.82) is 0 Å². The van der Waals surface area contributed by atoms with E-state index in [1.807, 2.05) is 42.9 Å². The van der Waals surface area contributed by atoms with Crippen LogP contribution in [-0.4, -0.2) is 33.1 Å². The van der Waals surface area contributed by atoms with Crippen LogP contribution in [0.3, 0.4) is 0 Å². The van der Waals surface area contributed by atoms with Gasteiger partial charge in [-0.05, 0) is 43.7 Å². The van der Waals surface area contributed by atoms with Gasteiger partial charge in [-0.1, -0.05) is 0 Å². The smallest absolute Gasteiger partial charge is 0.341 e. The molecule has 134 valence electrons. The van der Waals surface area contributed by atoms with Crippen molar-refractivity contribution in [2.45, 2.75) is 13.8 Å². The SMILES string of the molecule is Cc1sc(-n2cccc2)c(C(=O)OCC(=O)c2ccc(O)cc2O)c1C. The number of phenols is 2. The number of aryl methyl sites for hydroxylation is 1. The molecule has 26 heavy (non-hydrogen) atoms. The molecule has 7 heteroatoms. The molecule has 0 radical (unpaired) electrons. The maximum Gasteiger partial charge on any atom is 0.341 e. The number of ketones is 1. The molecule has 0 spiro atoms. The molecular weight excluding hydrogens is 354 g/mol. The Balaban J connectivity index is 1.80. The molecule has 0 fully saturated rings. The van der Waals surface area contributed by atoms with Crippen LogP contribution in [0.25, 0.3) is 5.00 Å². The van der Waals surface area contributed by atoms with Gasteiger partial charge in [-0.3, -0.25) is 4.79 Å². The highest BCUT2D eigenvalue weighted by Gasteiger charge is 2.23. The fourth-order valence-corrected chi connectivity index (χ4v) is 3.65. The van der Waals surface area contributed by atoms with Gasteiger partial charge in [-0.2, -0.15) is 0 Å². The van der Waals surface area contributed by atoms with Crippen molar-refractivity contribution < 1.29 is 24.5 Å². The molecule has 0 unspecified atom stereocenters. The number of hydrogen-bond acceptors (Lipinski definition) is 6. The van der Waals surface area contributed by atoms with Crippen molar-refractivity contribution in [3.8, 4) is 16.5 Å². The second-order valence-corrected chi connectivity index (χ2v) is 6.96. The summed E-state index contributed by atoms with van der Waals surface area (Å²) in [6.07, 6.45) is 3.67. The van der Waals surface area contributed by atoms with Crippen molar-refractivity contribution in [2.75, 3.05) is 6.61 Å². The molecule has 0 saturated heterocycles. The fourth-order valence-electron chi connectivity index (χ4n) is 2.54. The summed E-state index contributed by atoms with van der Waals surface area (Å²) >= 11 is 1.47. The number of aromatic nitrogens is 1. The predicted molar refractivity (Wildman–Crippen MR) is 97.5 cm³/mol. The van der Waals surface area contributed by atoms with E-state index in [2.05, 4.69) is 0 Å². The topological polar surface area (TPSA) is 88.8 Å². The molecule has 0 saturated carbocycles. The quantitative estimate of drug-likeness (QED) is 0.528. The zero-order chi connectivity index (χ0) is 18.8. The second kappa shape index (κ2) is 7.05. The molecule has 0 aliphatic heterocycles. The number of aromatic hydroxyl groups is 2. The Labute approximate surface area is 153 Å². The third-order valence-corrected chi connectivity index (χ3v) is 5.25. The van der Waals surface area contributed by atoms with Gasteiger partial charge in [0.05, 0.1) is 11.1 Å². The maximum atomic E-state index is 12.6. The molecule has 0 atom stereocenters. The number of carbonyl (C=O) groups excluding carboxylic acids is 2. The van der Waals surface area contributed by atoms with Crippen LogP contribution in [0.2, 0.25) is 0 Å². The minimum absolute atomic E-state index is 0.0144. The first-order valence-corrected chi connectivity index (χ1v) is 8.65. The van der Waals surface area contributed by atoms with Gasteiger partial charge in [-0.15, -0.1) is 11.3 Å². The maximum absolute atomic E-state index is 12.6. The predicted octanol–water partition coefficient (Wildman–Crippen LogP) is 3.61. The summed E-state index contributed by atoms with van der Waals surface area (Å²) in [5.74, 6) is -1.66. The van der Waals surface area contributed by atoms with E-state index in [0.29, 0.717) is 5.56 Å². The Kier molecular flexibility index (Phi) is 4.81.